The van der Waals surface area contributed by atoms with Gasteiger partial charge in [0.25, 0.3) is 5.91 Å². The summed E-state index contributed by atoms with van der Waals surface area (Å²) < 4.78 is 40.2. The minimum atomic E-state index is -4.59. The minimum Gasteiger partial charge on any atom is -0.366 e. The van der Waals surface area contributed by atoms with Gasteiger partial charge in [0, 0.05) is 25.4 Å². The Labute approximate surface area is 196 Å². The van der Waals surface area contributed by atoms with Crippen LogP contribution in [0.3, 0.4) is 0 Å². The molecule has 11 nitrogen and oxygen atoms in total. The maximum absolute atomic E-state index is 13.3. The Morgan fingerprint density at radius 3 is 2.77 bits per heavy atom. The monoisotopic (exact) mass is 487 g/mol. The molecule has 182 valence electrons. The van der Waals surface area contributed by atoms with Crippen molar-refractivity contribution in [2.24, 2.45) is 0 Å². The Hall–Kier alpha value is -4.23. The van der Waals surface area contributed by atoms with Crippen molar-refractivity contribution in [1.29, 1.82) is 0 Å². The van der Waals surface area contributed by atoms with Gasteiger partial charge in [-0.1, -0.05) is 5.21 Å². The van der Waals surface area contributed by atoms with Crippen LogP contribution in [0.1, 0.15) is 23.8 Å². The summed E-state index contributed by atoms with van der Waals surface area (Å²) in [7, 11) is 0. The number of nitrogens with one attached hydrogen (secondary N) is 2. The lowest BCUT2D eigenvalue weighted by Gasteiger charge is -2.35. The topological polar surface area (TPSA) is 121 Å². The number of anilines is 3. The molecule has 5 rings (SSSR count). The summed E-state index contributed by atoms with van der Waals surface area (Å²) in [5.74, 6) is -0.512. The van der Waals surface area contributed by atoms with Gasteiger partial charge in [-0.2, -0.15) is 13.2 Å². The van der Waals surface area contributed by atoms with Crippen LogP contribution < -0.4 is 20.4 Å². The van der Waals surface area contributed by atoms with Crippen LogP contribution in [0.2, 0.25) is 0 Å². The number of pyridine rings is 2. The first-order chi connectivity index (χ1) is 16.7. The summed E-state index contributed by atoms with van der Waals surface area (Å²) in [6.45, 7) is 2.10. The van der Waals surface area contributed by atoms with Crippen molar-refractivity contribution in [1.82, 2.24) is 30.3 Å². The van der Waals surface area contributed by atoms with E-state index in [1.54, 1.807) is 24.4 Å². The molecule has 1 unspecified atom stereocenters. The van der Waals surface area contributed by atoms with Crippen molar-refractivity contribution >= 4 is 29.3 Å². The molecule has 2 aliphatic rings. The van der Waals surface area contributed by atoms with Crippen LogP contribution in [-0.4, -0.2) is 68.2 Å². The molecule has 2 N–H and O–H groups in total. The average molecular weight is 487 g/mol. The largest absolute Gasteiger partial charge is 0.408 e. The van der Waals surface area contributed by atoms with Gasteiger partial charge >= 0.3 is 12.2 Å². The van der Waals surface area contributed by atoms with E-state index in [1.165, 1.54) is 28.0 Å². The predicted octanol–water partition coefficient (Wildman–Crippen LogP) is 2.37. The highest BCUT2D eigenvalue weighted by atomic mass is 19.4. The number of alkyl halides is 3. The van der Waals surface area contributed by atoms with E-state index in [1.807, 2.05) is 10.2 Å². The number of carbonyl (C=O) groups is 2. The van der Waals surface area contributed by atoms with Gasteiger partial charge in [-0.15, -0.1) is 5.10 Å². The molecule has 0 aliphatic carbocycles. The summed E-state index contributed by atoms with van der Waals surface area (Å²) in [4.78, 5) is 37.7. The van der Waals surface area contributed by atoms with Gasteiger partial charge < -0.3 is 10.2 Å². The van der Waals surface area contributed by atoms with Gasteiger partial charge in [0.15, 0.2) is 5.82 Å². The van der Waals surface area contributed by atoms with Crippen molar-refractivity contribution in [3.63, 3.8) is 0 Å². The molecule has 2 bridgehead atoms. The van der Waals surface area contributed by atoms with E-state index in [0.29, 0.717) is 30.9 Å². The van der Waals surface area contributed by atoms with Gasteiger partial charge in [-0.05, 0) is 31.5 Å². The number of hydrogen-bond acceptors (Lipinski definition) is 7. The molecule has 1 fully saturated rings. The molecule has 3 aromatic rings. The van der Waals surface area contributed by atoms with Gasteiger partial charge in [-0.3, -0.25) is 15.0 Å². The number of nitrogens with zero attached hydrogens (tertiary/aromatic N) is 7. The highest BCUT2D eigenvalue weighted by Crippen LogP contribution is 2.39. The van der Waals surface area contributed by atoms with E-state index >= 15 is 0 Å². The van der Waals surface area contributed by atoms with Crippen LogP contribution in [0.4, 0.5) is 35.3 Å². The van der Waals surface area contributed by atoms with Crippen molar-refractivity contribution in [2.45, 2.75) is 31.6 Å². The van der Waals surface area contributed by atoms with Gasteiger partial charge in [0.2, 0.25) is 0 Å². The normalized spacial score (nSPS) is 17.7. The number of rotatable bonds is 4. The lowest BCUT2D eigenvalue weighted by molar-refractivity contribution is -0.149. The standard InChI is InChI=1S/C21H20F3N9O2/c1-12(21(22,23)24)27-19(34)15-2-3-16-18(28-15)33(14-5-8-31(16)11-14)20(35)29-17-10-13(4-6-25-17)32-9-7-26-30-32/h2-4,6-7,9-10,12,14H,5,8,11H2,1H3,(H,27,34)(H,25,29,35)/t12-,14?/m1/s1. The predicted molar refractivity (Wildman–Crippen MR) is 118 cm³/mol. The van der Waals surface area contributed by atoms with E-state index in [-0.39, 0.29) is 23.4 Å². The maximum atomic E-state index is 13.3. The molecule has 14 heteroatoms. The SMILES string of the molecule is C[C@@H](NC(=O)c1ccc2c(n1)N(C(=O)Nc1cc(-n3ccnn3)ccn1)C1CCN2C1)C(F)(F)F. The van der Waals surface area contributed by atoms with Gasteiger partial charge in [0.05, 0.1) is 29.8 Å². The second kappa shape index (κ2) is 8.52. The molecule has 5 heterocycles. The quantitative estimate of drug-likeness (QED) is 0.580. The van der Waals surface area contributed by atoms with Crippen LogP contribution in [0.15, 0.2) is 42.9 Å². The third-order valence-corrected chi connectivity index (χ3v) is 5.91. The Kier molecular flexibility index (Phi) is 5.49. The van der Waals surface area contributed by atoms with Crippen molar-refractivity contribution < 1.29 is 22.8 Å². The summed E-state index contributed by atoms with van der Waals surface area (Å²) in [6.07, 6.45) is 0.753. The zero-order chi connectivity index (χ0) is 24.7. The van der Waals surface area contributed by atoms with E-state index in [9.17, 15) is 22.8 Å². The number of halogens is 3. The smallest absolute Gasteiger partial charge is 0.366 e. The average Bonchev–Trinajstić information content (AvgIpc) is 3.50. The summed E-state index contributed by atoms with van der Waals surface area (Å²) in [5.41, 5.74) is 1.04. The number of aromatic nitrogens is 5. The molecule has 2 atom stereocenters. The van der Waals surface area contributed by atoms with Crippen molar-refractivity contribution in [2.75, 3.05) is 28.2 Å². The second-order valence-electron chi connectivity index (χ2n) is 8.21. The number of hydrogen-bond donors (Lipinski definition) is 2. The lowest BCUT2D eigenvalue weighted by atomic mass is 10.1. The molecule has 2 aliphatic heterocycles. The molecule has 1 saturated heterocycles. The second-order valence-corrected chi connectivity index (χ2v) is 8.21. The minimum absolute atomic E-state index is 0.205. The van der Waals surface area contributed by atoms with Crippen LogP contribution in [0, 0.1) is 0 Å². The molecule has 3 amide bonds. The summed E-state index contributed by atoms with van der Waals surface area (Å²) in [5, 5.41) is 12.3. The maximum Gasteiger partial charge on any atom is 0.408 e. The van der Waals surface area contributed by atoms with E-state index in [2.05, 4.69) is 25.6 Å². The first kappa shape index (κ1) is 22.6. The fourth-order valence-electron chi connectivity index (χ4n) is 4.10. The summed E-state index contributed by atoms with van der Waals surface area (Å²) >= 11 is 0. The number of carbonyl (C=O) groups excluding carboxylic acids is 2. The molecular weight excluding hydrogens is 467 g/mol. The Morgan fingerprint density at radius 2 is 2.03 bits per heavy atom. The molecule has 0 spiro atoms. The molecule has 35 heavy (non-hydrogen) atoms. The highest BCUT2D eigenvalue weighted by Gasteiger charge is 2.41. The first-order valence-corrected chi connectivity index (χ1v) is 10.8. The van der Waals surface area contributed by atoms with Gasteiger partial charge in [0.1, 0.15) is 17.6 Å². The summed E-state index contributed by atoms with van der Waals surface area (Å²) in [6, 6.07) is 3.49. The first-order valence-electron chi connectivity index (χ1n) is 10.8. The van der Waals surface area contributed by atoms with Crippen LogP contribution in [-0.2, 0) is 0 Å². The number of amides is 3. The fourth-order valence-corrected chi connectivity index (χ4v) is 4.10. The lowest BCUT2D eigenvalue weighted by Crippen LogP contribution is -2.49. The van der Waals surface area contributed by atoms with E-state index in [0.717, 1.165) is 6.92 Å². The third-order valence-electron chi connectivity index (χ3n) is 5.91. The molecule has 0 radical (unpaired) electrons. The van der Waals surface area contributed by atoms with Crippen LogP contribution in [0.5, 0.6) is 0 Å². The van der Waals surface area contributed by atoms with Crippen molar-refractivity contribution in [3.8, 4) is 5.69 Å². The van der Waals surface area contributed by atoms with Crippen LogP contribution >= 0.6 is 0 Å². The number of fused-ring (bicyclic) bond motifs is 4. The Bertz CT molecular complexity index is 1270. The molecular formula is C21H20F3N9O2. The Balaban J connectivity index is 1.42. The number of urea groups is 1. The molecule has 0 aromatic carbocycles. The fraction of sp³-hybridized carbons (Fsp3) is 0.333. The molecule has 0 saturated carbocycles. The zero-order valence-electron chi connectivity index (χ0n) is 18.4. The van der Waals surface area contributed by atoms with Crippen LogP contribution in [0.25, 0.3) is 5.69 Å². The highest BCUT2D eigenvalue weighted by molar-refractivity contribution is 6.05. The Morgan fingerprint density at radius 1 is 1.20 bits per heavy atom. The van der Waals surface area contributed by atoms with Crippen molar-refractivity contribution in [3.05, 3.63) is 48.5 Å². The third kappa shape index (κ3) is 4.34. The zero-order valence-corrected chi connectivity index (χ0v) is 18.4. The molecule has 3 aromatic heterocycles. The van der Waals surface area contributed by atoms with E-state index < -0.39 is 24.2 Å². The van der Waals surface area contributed by atoms with Gasteiger partial charge in [-0.25, -0.2) is 19.4 Å². The van der Waals surface area contributed by atoms with E-state index in [4.69, 9.17) is 0 Å².